The molecule has 0 spiro atoms. The molecule has 25 heavy (non-hydrogen) atoms. The zero-order valence-corrected chi connectivity index (χ0v) is 14.9. The van der Waals surface area contributed by atoms with Gasteiger partial charge in [0.2, 0.25) is 5.91 Å². The zero-order chi connectivity index (χ0) is 18.0. The molecule has 0 saturated carbocycles. The summed E-state index contributed by atoms with van der Waals surface area (Å²) >= 11 is 0. The number of ether oxygens (including phenoxy) is 2. The van der Waals surface area contributed by atoms with Gasteiger partial charge >= 0.3 is 6.03 Å². The number of carbonyl (C=O) groups is 2. The lowest BCUT2D eigenvalue weighted by molar-refractivity contribution is -0.117. The van der Waals surface area contributed by atoms with Crippen molar-refractivity contribution in [3.63, 3.8) is 0 Å². The van der Waals surface area contributed by atoms with Crippen LogP contribution in [0.15, 0.2) is 24.3 Å². The predicted octanol–water partition coefficient (Wildman–Crippen LogP) is 1.62. The van der Waals surface area contributed by atoms with Crippen molar-refractivity contribution < 1.29 is 19.1 Å². The highest BCUT2D eigenvalue weighted by atomic mass is 16.5. The molecule has 2 aliphatic heterocycles. The minimum Gasteiger partial charge on any atom is -0.497 e. The van der Waals surface area contributed by atoms with Crippen LogP contribution in [0.4, 0.5) is 10.5 Å². The largest absolute Gasteiger partial charge is 0.497 e. The highest BCUT2D eigenvalue weighted by Gasteiger charge is 2.34. The first-order valence-electron chi connectivity index (χ1n) is 8.61. The Kier molecular flexibility index (Phi) is 5.13. The van der Waals surface area contributed by atoms with Gasteiger partial charge in [-0.25, -0.2) is 4.79 Å². The number of rotatable bonds is 3. The Labute approximate surface area is 147 Å². The molecule has 1 N–H and O–H groups in total. The number of benzene rings is 1. The van der Waals surface area contributed by atoms with Crippen molar-refractivity contribution in [2.75, 3.05) is 31.6 Å². The molecular formula is C18H25N3O4. The molecule has 3 atom stereocenters. The second kappa shape index (κ2) is 7.31. The second-order valence-corrected chi connectivity index (χ2v) is 6.72. The molecule has 7 heteroatoms. The predicted molar refractivity (Wildman–Crippen MR) is 93.9 cm³/mol. The van der Waals surface area contributed by atoms with Crippen molar-refractivity contribution in [1.29, 1.82) is 0 Å². The smallest absolute Gasteiger partial charge is 0.317 e. The fraction of sp³-hybridized carbons (Fsp3) is 0.556. The van der Waals surface area contributed by atoms with Gasteiger partial charge in [-0.2, -0.15) is 0 Å². The third kappa shape index (κ3) is 4.04. The van der Waals surface area contributed by atoms with Crippen LogP contribution in [-0.2, 0) is 9.53 Å². The highest BCUT2D eigenvalue weighted by Crippen LogP contribution is 2.25. The quantitative estimate of drug-likeness (QED) is 0.902. The standard InChI is InChI=1S/C18H25N3O4/c1-12-9-20(10-13(2)25-12)18(23)19-14-7-17(22)21(11-14)15-5-4-6-16(8-15)24-3/h4-6,8,12-14H,7,9-11H2,1-3H3,(H,19,23)/t12-,13+,14-/m0/s1. The van der Waals surface area contributed by atoms with Gasteiger partial charge in [-0.1, -0.05) is 6.07 Å². The monoisotopic (exact) mass is 347 g/mol. The molecular weight excluding hydrogens is 322 g/mol. The zero-order valence-electron chi connectivity index (χ0n) is 14.9. The third-order valence-corrected chi connectivity index (χ3v) is 4.52. The summed E-state index contributed by atoms with van der Waals surface area (Å²) < 4.78 is 10.9. The maximum absolute atomic E-state index is 12.5. The van der Waals surface area contributed by atoms with E-state index >= 15 is 0 Å². The Morgan fingerprint density at radius 3 is 2.64 bits per heavy atom. The van der Waals surface area contributed by atoms with E-state index in [1.165, 1.54) is 0 Å². The van der Waals surface area contributed by atoms with Crippen molar-refractivity contribution in [3.8, 4) is 5.75 Å². The minimum absolute atomic E-state index is 0.00210. The van der Waals surface area contributed by atoms with E-state index in [0.29, 0.717) is 31.8 Å². The average molecular weight is 347 g/mol. The molecule has 1 aromatic carbocycles. The SMILES string of the molecule is COc1cccc(N2C[C@@H](NC(=O)N3C[C@@H](C)O[C@@H](C)C3)CC2=O)c1. The fourth-order valence-electron chi connectivity index (χ4n) is 3.44. The Morgan fingerprint density at radius 2 is 1.96 bits per heavy atom. The number of amides is 3. The van der Waals surface area contributed by atoms with Gasteiger partial charge in [-0.05, 0) is 26.0 Å². The van der Waals surface area contributed by atoms with Crippen molar-refractivity contribution in [1.82, 2.24) is 10.2 Å². The number of urea groups is 1. The number of nitrogens with zero attached hydrogens (tertiary/aromatic N) is 2. The van der Waals surface area contributed by atoms with Gasteiger partial charge in [-0.15, -0.1) is 0 Å². The third-order valence-electron chi connectivity index (χ3n) is 4.52. The summed E-state index contributed by atoms with van der Waals surface area (Å²) in [7, 11) is 1.60. The van der Waals surface area contributed by atoms with E-state index in [-0.39, 0.29) is 30.2 Å². The molecule has 3 rings (SSSR count). The number of methoxy groups -OCH3 is 1. The van der Waals surface area contributed by atoms with Crippen molar-refractivity contribution >= 4 is 17.6 Å². The molecule has 1 aromatic rings. The molecule has 0 aliphatic carbocycles. The molecule has 2 aliphatic rings. The van der Waals surface area contributed by atoms with Gasteiger partial charge in [0.1, 0.15) is 5.75 Å². The van der Waals surface area contributed by atoms with E-state index in [2.05, 4.69) is 5.32 Å². The highest BCUT2D eigenvalue weighted by molar-refractivity contribution is 5.97. The molecule has 0 radical (unpaired) electrons. The Balaban J connectivity index is 1.61. The molecule has 0 bridgehead atoms. The number of nitrogens with one attached hydrogen (secondary N) is 1. The molecule has 0 aromatic heterocycles. The Bertz CT molecular complexity index is 641. The van der Waals surface area contributed by atoms with Crippen LogP contribution >= 0.6 is 0 Å². The lowest BCUT2D eigenvalue weighted by Gasteiger charge is -2.35. The van der Waals surface area contributed by atoms with Gasteiger partial charge in [0.25, 0.3) is 0 Å². The maximum atomic E-state index is 12.5. The van der Waals surface area contributed by atoms with Crippen LogP contribution < -0.4 is 15.0 Å². The fourth-order valence-corrected chi connectivity index (χ4v) is 3.44. The second-order valence-electron chi connectivity index (χ2n) is 6.72. The number of hydrogen-bond donors (Lipinski definition) is 1. The molecule has 7 nitrogen and oxygen atoms in total. The van der Waals surface area contributed by atoms with Crippen LogP contribution in [0, 0.1) is 0 Å². The first kappa shape index (κ1) is 17.5. The molecule has 136 valence electrons. The van der Waals surface area contributed by atoms with E-state index in [1.807, 2.05) is 38.1 Å². The summed E-state index contributed by atoms with van der Waals surface area (Å²) in [6, 6.07) is 7.06. The summed E-state index contributed by atoms with van der Waals surface area (Å²) in [5.41, 5.74) is 0.787. The van der Waals surface area contributed by atoms with Gasteiger partial charge in [-0.3, -0.25) is 4.79 Å². The number of carbonyl (C=O) groups excluding carboxylic acids is 2. The van der Waals surface area contributed by atoms with Gasteiger partial charge < -0.3 is 24.6 Å². The first-order chi connectivity index (χ1) is 12.0. The van der Waals surface area contributed by atoms with Crippen molar-refractivity contribution in [2.24, 2.45) is 0 Å². The average Bonchev–Trinajstić information content (AvgIpc) is 2.94. The van der Waals surface area contributed by atoms with Crippen molar-refractivity contribution in [3.05, 3.63) is 24.3 Å². The van der Waals surface area contributed by atoms with Crippen molar-refractivity contribution in [2.45, 2.75) is 38.5 Å². The molecule has 0 unspecified atom stereocenters. The van der Waals surface area contributed by atoms with Gasteiger partial charge in [0, 0.05) is 37.8 Å². The van der Waals surface area contributed by atoms with E-state index in [1.54, 1.807) is 16.9 Å². The van der Waals surface area contributed by atoms with E-state index in [4.69, 9.17) is 9.47 Å². The number of anilines is 1. The number of hydrogen-bond acceptors (Lipinski definition) is 4. The summed E-state index contributed by atoms with van der Waals surface area (Å²) in [5.74, 6) is 0.705. The summed E-state index contributed by atoms with van der Waals surface area (Å²) in [4.78, 5) is 28.3. The normalized spacial score (nSPS) is 26.7. The van der Waals surface area contributed by atoms with Crippen LogP contribution in [-0.4, -0.2) is 61.8 Å². The van der Waals surface area contributed by atoms with Crippen LogP contribution in [0.3, 0.4) is 0 Å². The summed E-state index contributed by atoms with van der Waals surface area (Å²) in [6.45, 7) is 5.51. The maximum Gasteiger partial charge on any atom is 0.317 e. The minimum atomic E-state index is -0.195. The topological polar surface area (TPSA) is 71.1 Å². The van der Waals surface area contributed by atoms with E-state index in [0.717, 1.165) is 5.69 Å². The van der Waals surface area contributed by atoms with Gasteiger partial charge in [0.15, 0.2) is 0 Å². The Hall–Kier alpha value is -2.28. The summed E-state index contributed by atoms with van der Waals surface area (Å²) in [5, 5.41) is 2.99. The summed E-state index contributed by atoms with van der Waals surface area (Å²) in [6.07, 6.45) is 0.347. The lowest BCUT2D eigenvalue weighted by Crippen LogP contribution is -2.53. The first-order valence-corrected chi connectivity index (χ1v) is 8.61. The van der Waals surface area contributed by atoms with Crippen LogP contribution in [0.1, 0.15) is 20.3 Å². The molecule has 2 saturated heterocycles. The molecule has 3 amide bonds. The van der Waals surface area contributed by atoms with Crippen LogP contribution in [0.2, 0.25) is 0 Å². The lowest BCUT2D eigenvalue weighted by atomic mass is 10.2. The molecule has 2 fully saturated rings. The Morgan fingerprint density at radius 1 is 1.24 bits per heavy atom. The number of morpholine rings is 1. The molecule has 2 heterocycles. The van der Waals surface area contributed by atoms with Crippen LogP contribution in [0.5, 0.6) is 5.75 Å². The van der Waals surface area contributed by atoms with E-state index < -0.39 is 0 Å². The van der Waals surface area contributed by atoms with Crippen LogP contribution in [0.25, 0.3) is 0 Å². The van der Waals surface area contributed by atoms with E-state index in [9.17, 15) is 9.59 Å². The van der Waals surface area contributed by atoms with Gasteiger partial charge in [0.05, 0.1) is 25.4 Å².